The van der Waals surface area contributed by atoms with Crippen molar-refractivity contribution >= 4 is 34.3 Å². The first-order valence-corrected chi connectivity index (χ1v) is 11.7. The molecule has 0 bridgehead atoms. The molecule has 0 saturated carbocycles. The molecule has 6 nitrogen and oxygen atoms in total. The van der Waals surface area contributed by atoms with E-state index in [-0.39, 0.29) is 0 Å². The third kappa shape index (κ3) is 5.07. The zero-order valence-corrected chi connectivity index (χ0v) is 19.3. The van der Waals surface area contributed by atoms with Crippen molar-refractivity contribution in [2.45, 2.75) is 19.8 Å². The Morgan fingerprint density at radius 1 is 0.970 bits per heavy atom. The Labute approximate surface area is 198 Å². The number of likely N-dealkylation sites (tertiary alicyclic amines) is 1. The maximum absolute atomic E-state index is 6.43. The highest BCUT2D eigenvalue weighted by molar-refractivity contribution is 6.33. The van der Waals surface area contributed by atoms with Crippen LogP contribution in [0.5, 0.6) is 5.75 Å². The van der Waals surface area contributed by atoms with Crippen molar-refractivity contribution in [2.75, 3.05) is 31.6 Å². The minimum Gasteiger partial charge on any atom is -0.492 e. The summed E-state index contributed by atoms with van der Waals surface area (Å²) in [5.74, 6) is 1.31. The summed E-state index contributed by atoms with van der Waals surface area (Å²) < 4.78 is 5.87. The summed E-state index contributed by atoms with van der Waals surface area (Å²) in [6.45, 7) is 6.11. The monoisotopic (exact) mass is 459 g/mol. The standard InChI is InChI=1S/C26H26ClN5O/c1-18-5-4-6-22(27)25(18)19-7-12-23-24(17-19)30-31-26(29-23)28-20-8-10-21(11-9-20)33-16-15-32-13-2-3-14-32/h4-12,17H,2-3,13-16H2,1H3,(H,28,29,31). The minimum atomic E-state index is 0.451. The van der Waals surface area contributed by atoms with Gasteiger partial charge in [-0.15, -0.1) is 10.2 Å². The number of hydrogen-bond acceptors (Lipinski definition) is 6. The molecule has 4 aromatic rings. The summed E-state index contributed by atoms with van der Waals surface area (Å²) in [5, 5.41) is 12.6. The first-order chi connectivity index (χ1) is 16.2. The quantitative estimate of drug-likeness (QED) is 0.372. The molecule has 7 heteroatoms. The zero-order valence-electron chi connectivity index (χ0n) is 18.6. The van der Waals surface area contributed by atoms with Gasteiger partial charge in [-0.1, -0.05) is 29.8 Å². The van der Waals surface area contributed by atoms with E-state index in [0.717, 1.165) is 50.7 Å². The number of fused-ring (bicyclic) bond motifs is 1. The lowest BCUT2D eigenvalue weighted by Crippen LogP contribution is -2.25. The van der Waals surface area contributed by atoms with Crippen LogP contribution < -0.4 is 10.1 Å². The van der Waals surface area contributed by atoms with Crippen LogP contribution >= 0.6 is 11.6 Å². The zero-order chi connectivity index (χ0) is 22.6. The molecule has 0 amide bonds. The molecule has 1 aliphatic heterocycles. The molecule has 1 aromatic heterocycles. The fourth-order valence-corrected chi connectivity index (χ4v) is 4.54. The van der Waals surface area contributed by atoms with E-state index < -0.39 is 0 Å². The Balaban J connectivity index is 1.25. The molecule has 1 aliphatic rings. The highest BCUT2D eigenvalue weighted by atomic mass is 35.5. The maximum Gasteiger partial charge on any atom is 0.247 e. The number of anilines is 2. The second-order valence-corrected chi connectivity index (χ2v) is 8.72. The van der Waals surface area contributed by atoms with Gasteiger partial charge in [-0.2, -0.15) is 0 Å². The van der Waals surface area contributed by atoms with Crippen LogP contribution in [0.1, 0.15) is 18.4 Å². The molecule has 168 valence electrons. The van der Waals surface area contributed by atoms with Crippen LogP contribution in [-0.2, 0) is 0 Å². The number of aromatic nitrogens is 3. The lowest BCUT2D eigenvalue weighted by molar-refractivity contribution is 0.238. The Bertz CT molecular complexity index is 1240. The lowest BCUT2D eigenvalue weighted by atomic mass is 10.00. The van der Waals surface area contributed by atoms with Crippen LogP contribution in [0, 0.1) is 6.92 Å². The molecule has 0 aliphatic carbocycles. The fourth-order valence-electron chi connectivity index (χ4n) is 4.20. The second-order valence-electron chi connectivity index (χ2n) is 8.32. The van der Waals surface area contributed by atoms with Crippen LogP contribution in [0.25, 0.3) is 22.2 Å². The van der Waals surface area contributed by atoms with E-state index >= 15 is 0 Å². The van der Waals surface area contributed by atoms with Gasteiger partial charge in [0, 0.05) is 22.8 Å². The van der Waals surface area contributed by atoms with Crippen molar-refractivity contribution in [1.29, 1.82) is 0 Å². The highest BCUT2D eigenvalue weighted by Gasteiger charge is 2.11. The average Bonchev–Trinajstić information content (AvgIpc) is 3.34. The number of ether oxygens (including phenoxy) is 1. The Morgan fingerprint density at radius 3 is 2.58 bits per heavy atom. The molecule has 0 radical (unpaired) electrons. The third-order valence-corrected chi connectivity index (χ3v) is 6.27. The van der Waals surface area contributed by atoms with Crippen LogP contribution in [0.4, 0.5) is 11.6 Å². The molecule has 0 atom stereocenters. The van der Waals surface area contributed by atoms with Crippen molar-refractivity contribution in [3.05, 3.63) is 71.2 Å². The van der Waals surface area contributed by atoms with E-state index in [4.69, 9.17) is 16.3 Å². The van der Waals surface area contributed by atoms with Crippen molar-refractivity contribution < 1.29 is 4.74 Å². The molecular weight excluding hydrogens is 434 g/mol. The molecule has 1 saturated heterocycles. The van der Waals surface area contributed by atoms with Gasteiger partial charge in [-0.05, 0) is 86.4 Å². The van der Waals surface area contributed by atoms with Crippen LogP contribution in [0.3, 0.4) is 0 Å². The van der Waals surface area contributed by atoms with Crippen molar-refractivity contribution in [1.82, 2.24) is 20.1 Å². The van der Waals surface area contributed by atoms with E-state index in [1.165, 1.54) is 25.9 Å². The van der Waals surface area contributed by atoms with Gasteiger partial charge < -0.3 is 10.1 Å². The first kappa shape index (κ1) is 21.6. The topological polar surface area (TPSA) is 63.2 Å². The Hall–Kier alpha value is -3.22. The van der Waals surface area contributed by atoms with Gasteiger partial charge in [0.05, 0.1) is 5.52 Å². The van der Waals surface area contributed by atoms with E-state index in [2.05, 4.69) is 25.4 Å². The predicted molar refractivity (Wildman–Crippen MR) is 133 cm³/mol. The number of aryl methyl sites for hydroxylation is 1. The normalized spacial score (nSPS) is 14.0. The lowest BCUT2D eigenvalue weighted by Gasteiger charge is -2.15. The van der Waals surface area contributed by atoms with Gasteiger partial charge in [0.2, 0.25) is 5.95 Å². The van der Waals surface area contributed by atoms with E-state index in [1.807, 2.05) is 67.6 Å². The van der Waals surface area contributed by atoms with Crippen molar-refractivity contribution in [2.24, 2.45) is 0 Å². The summed E-state index contributed by atoms with van der Waals surface area (Å²) in [4.78, 5) is 7.05. The third-order valence-electron chi connectivity index (χ3n) is 5.95. The predicted octanol–water partition coefficient (Wildman–Crippen LogP) is 5.87. The van der Waals surface area contributed by atoms with Crippen molar-refractivity contribution in [3.63, 3.8) is 0 Å². The average molecular weight is 460 g/mol. The van der Waals surface area contributed by atoms with Gasteiger partial charge in [0.15, 0.2) is 0 Å². The molecule has 0 unspecified atom stereocenters. The second kappa shape index (κ2) is 9.73. The number of benzene rings is 3. The number of nitrogens with one attached hydrogen (secondary N) is 1. The molecule has 1 fully saturated rings. The van der Waals surface area contributed by atoms with Crippen LogP contribution in [0.2, 0.25) is 5.02 Å². The minimum absolute atomic E-state index is 0.451. The van der Waals surface area contributed by atoms with Crippen LogP contribution in [0.15, 0.2) is 60.7 Å². The Kier molecular flexibility index (Phi) is 6.37. The highest BCUT2D eigenvalue weighted by Crippen LogP contribution is 2.32. The van der Waals surface area contributed by atoms with Crippen molar-refractivity contribution in [3.8, 4) is 16.9 Å². The molecule has 33 heavy (non-hydrogen) atoms. The number of halogens is 1. The van der Waals surface area contributed by atoms with Gasteiger partial charge in [-0.3, -0.25) is 4.90 Å². The summed E-state index contributed by atoms with van der Waals surface area (Å²) in [5.41, 5.74) is 5.49. The smallest absolute Gasteiger partial charge is 0.247 e. The van der Waals surface area contributed by atoms with E-state index in [1.54, 1.807) is 0 Å². The molecule has 1 N–H and O–H groups in total. The summed E-state index contributed by atoms with van der Waals surface area (Å²) in [6, 6.07) is 19.7. The molecule has 2 heterocycles. The molecule has 5 rings (SSSR count). The molecule has 0 spiro atoms. The van der Waals surface area contributed by atoms with Gasteiger partial charge in [0.25, 0.3) is 0 Å². The largest absolute Gasteiger partial charge is 0.492 e. The Morgan fingerprint density at radius 2 is 1.79 bits per heavy atom. The summed E-state index contributed by atoms with van der Waals surface area (Å²) in [6.07, 6.45) is 2.60. The van der Waals surface area contributed by atoms with Gasteiger partial charge in [-0.25, -0.2) is 4.98 Å². The van der Waals surface area contributed by atoms with Gasteiger partial charge >= 0.3 is 0 Å². The van der Waals surface area contributed by atoms with Gasteiger partial charge in [0.1, 0.15) is 17.9 Å². The molecule has 3 aromatic carbocycles. The maximum atomic E-state index is 6.43. The SMILES string of the molecule is Cc1cccc(Cl)c1-c1ccc2nc(Nc3ccc(OCCN4CCCC4)cc3)nnc2c1. The van der Waals surface area contributed by atoms with Crippen LogP contribution in [-0.4, -0.2) is 46.3 Å². The van der Waals surface area contributed by atoms with E-state index in [9.17, 15) is 0 Å². The molecular formula is C26H26ClN5O. The fraction of sp³-hybridized carbons (Fsp3) is 0.269. The van der Waals surface area contributed by atoms with E-state index in [0.29, 0.717) is 12.6 Å². The first-order valence-electron chi connectivity index (χ1n) is 11.3. The number of hydrogen-bond donors (Lipinski definition) is 1. The summed E-state index contributed by atoms with van der Waals surface area (Å²) >= 11 is 6.43. The number of nitrogens with zero attached hydrogens (tertiary/aromatic N) is 4. The number of rotatable bonds is 7. The summed E-state index contributed by atoms with van der Waals surface area (Å²) in [7, 11) is 0.